The molecule has 1 heterocycles. The smallest absolute Gasteiger partial charge is 0.326 e. The normalized spacial score (nSPS) is 21.0. The molecule has 0 bridgehead atoms. The van der Waals surface area contributed by atoms with Crippen molar-refractivity contribution >= 4 is 17.8 Å². The van der Waals surface area contributed by atoms with Crippen molar-refractivity contribution in [2.24, 2.45) is 23.5 Å². The van der Waals surface area contributed by atoms with E-state index in [2.05, 4.69) is 0 Å². The zero-order valence-corrected chi connectivity index (χ0v) is 14.5. The van der Waals surface area contributed by atoms with Gasteiger partial charge < -0.3 is 15.7 Å². The molecular formula is C17H30N2O4. The van der Waals surface area contributed by atoms with E-state index in [1.807, 2.05) is 20.8 Å². The standard InChI is InChI=1S/C17H30N2O4/c1-4-7-12(15(18)20)13(10-11(2)3)16(21)19-9-6-5-8-14(19)17(22)23/h11-14H,4-10H2,1-3H3,(H2,18,20)(H,22,23)/t12-,13+,14?/m0/s1. The summed E-state index contributed by atoms with van der Waals surface area (Å²) in [6.45, 7) is 6.39. The molecular weight excluding hydrogens is 296 g/mol. The topological polar surface area (TPSA) is 101 Å². The SMILES string of the molecule is CCC[C@H](C(N)=O)[C@@H](CC(C)C)C(=O)N1CCCCC1C(=O)O. The van der Waals surface area contributed by atoms with Crippen molar-refractivity contribution in [3.8, 4) is 0 Å². The fraction of sp³-hybridized carbons (Fsp3) is 0.824. The van der Waals surface area contributed by atoms with Gasteiger partial charge in [-0.15, -0.1) is 0 Å². The Morgan fingerprint density at radius 3 is 2.35 bits per heavy atom. The molecule has 3 N–H and O–H groups in total. The second-order valence-corrected chi connectivity index (χ2v) is 6.92. The van der Waals surface area contributed by atoms with Gasteiger partial charge in [0, 0.05) is 18.4 Å². The van der Waals surface area contributed by atoms with Crippen molar-refractivity contribution in [1.29, 1.82) is 0 Å². The van der Waals surface area contributed by atoms with Crippen LogP contribution in [0.1, 0.15) is 59.3 Å². The number of rotatable bonds is 8. The number of amides is 2. The second kappa shape index (κ2) is 8.89. The number of likely N-dealkylation sites (tertiary alicyclic amines) is 1. The molecule has 0 spiro atoms. The average molecular weight is 326 g/mol. The number of nitrogens with zero attached hydrogens (tertiary/aromatic N) is 1. The number of piperidine rings is 1. The van der Waals surface area contributed by atoms with Crippen LogP contribution in [0, 0.1) is 17.8 Å². The zero-order chi connectivity index (χ0) is 17.6. The summed E-state index contributed by atoms with van der Waals surface area (Å²) in [5.74, 6) is -2.46. The first-order valence-electron chi connectivity index (χ1n) is 8.62. The lowest BCUT2D eigenvalue weighted by molar-refractivity contribution is -0.156. The number of hydrogen-bond donors (Lipinski definition) is 2. The summed E-state index contributed by atoms with van der Waals surface area (Å²) in [6, 6.07) is -0.777. The minimum absolute atomic E-state index is 0.219. The molecule has 1 aliphatic heterocycles. The summed E-state index contributed by atoms with van der Waals surface area (Å²) in [5.41, 5.74) is 5.54. The molecule has 0 aromatic carbocycles. The number of carboxylic acids is 1. The van der Waals surface area contributed by atoms with Crippen LogP contribution in [0.25, 0.3) is 0 Å². The number of aliphatic carboxylic acids is 1. The molecule has 6 nitrogen and oxygen atoms in total. The highest BCUT2D eigenvalue weighted by Gasteiger charge is 2.39. The summed E-state index contributed by atoms with van der Waals surface area (Å²) in [5, 5.41) is 9.39. The lowest BCUT2D eigenvalue weighted by atomic mass is 9.80. The zero-order valence-electron chi connectivity index (χ0n) is 14.5. The molecule has 1 rings (SSSR count). The van der Waals surface area contributed by atoms with Crippen molar-refractivity contribution in [1.82, 2.24) is 4.90 Å². The number of carboxylic acid groups (broad SMARTS) is 1. The van der Waals surface area contributed by atoms with Gasteiger partial charge in [0.1, 0.15) is 6.04 Å². The second-order valence-electron chi connectivity index (χ2n) is 6.92. The van der Waals surface area contributed by atoms with E-state index in [0.29, 0.717) is 25.8 Å². The highest BCUT2D eigenvalue weighted by Crippen LogP contribution is 2.29. The Hall–Kier alpha value is -1.59. The summed E-state index contributed by atoms with van der Waals surface area (Å²) in [6.07, 6.45) is 3.96. The van der Waals surface area contributed by atoms with Crippen LogP contribution in [0.15, 0.2) is 0 Å². The third-order valence-corrected chi connectivity index (χ3v) is 4.56. The number of nitrogens with two attached hydrogens (primary N) is 1. The summed E-state index contributed by atoms with van der Waals surface area (Å²) in [4.78, 5) is 37.8. The maximum absolute atomic E-state index is 13.0. The molecule has 1 aliphatic rings. The number of carbonyl (C=O) groups is 3. The molecule has 1 fully saturated rings. The van der Waals surface area contributed by atoms with E-state index in [1.54, 1.807) is 0 Å². The fourth-order valence-corrected chi connectivity index (χ4v) is 3.46. The Labute approximate surface area is 138 Å². The maximum atomic E-state index is 13.0. The molecule has 0 aromatic heterocycles. The third-order valence-electron chi connectivity index (χ3n) is 4.56. The van der Waals surface area contributed by atoms with Gasteiger partial charge in [-0.1, -0.05) is 27.2 Å². The average Bonchev–Trinajstić information content (AvgIpc) is 2.49. The maximum Gasteiger partial charge on any atom is 0.326 e. The highest BCUT2D eigenvalue weighted by atomic mass is 16.4. The Balaban J connectivity index is 3.05. The molecule has 0 saturated carbocycles. The Morgan fingerprint density at radius 1 is 1.22 bits per heavy atom. The van der Waals surface area contributed by atoms with Gasteiger partial charge in [-0.05, 0) is 38.0 Å². The van der Waals surface area contributed by atoms with Gasteiger partial charge in [0.2, 0.25) is 11.8 Å². The van der Waals surface area contributed by atoms with Crippen LogP contribution in [0.3, 0.4) is 0 Å². The van der Waals surface area contributed by atoms with Crippen molar-refractivity contribution in [2.75, 3.05) is 6.54 Å². The molecule has 1 saturated heterocycles. The first-order chi connectivity index (χ1) is 10.8. The Morgan fingerprint density at radius 2 is 1.87 bits per heavy atom. The molecule has 0 aromatic rings. The summed E-state index contributed by atoms with van der Waals surface area (Å²) in [7, 11) is 0. The van der Waals surface area contributed by atoms with E-state index >= 15 is 0 Å². The van der Waals surface area contributed by atoms with Crippen LogP contribution in [0.5, 0.6) is 0 Å². The van der Waals surface area contributed by atoms with Crippen LogP contribution in [0.4, 0.5) is 0 Å². The third kappa shape index (κ3) is 5.22. The first-order valence-corrected chi connectivity index (χ1v) is 8.62. The van der Waals surface area contributed by atoms with Crippen molar-refractivity contribution < 1.29 is 19.5 Å². The van der Waals surface area contributed by atoms with Gasteiger partial charge in [-0.3, -0.25) is 9.59 Å². The Kier molecular flexibility index (Phi) is 7.52. The van der Waals surface area contributed by atoms with Gasteiger partial charge in [0.15, 0.2) is 0 Å². The van der Waals surface area contributed by atoms with Gasteiger partial charge in [0.05, 0.1) is 0 Å². The van der Waals surface area contributed by atoms with Crippen LogP contribution < -0.4 is 5.73 Å². The van der Waals surface area contributed by atoms with Gasteiger partial charge in [-0.25, -0.2) is 4.79 Å². The Bertz CT molecular complexity index is 436. The molecule has 0 aliphatic carbocycles. The van der Waals surface area contributed by atoms with Gasteiger partial charge in [0.25, 0.3) is 0 Å². The summed E-state index contributed by atoms with van der Waals surface area (Å²) < 4.78 is 0. The summed E-state index contributed by atoms with van der Waals surface area (Å²) >= 11 is 0. The molecule has 6 heteroatoms. The van der Waals surface area contributed by atoms with Gasteiger partial charge >= 0.3 is 5.97 Å². The molecule has 1 unspecified atom stereocenters. The molecule has 3 atom stereocenters. The quantitative estimate of drug-likeness (QED) is 0.712. The van der Waals surface area contributed by atoms with E-state index in [0.717, 1.165) is 19.3 Å². The minimum Gasteiger partial charge on any atom is -0.480 e. The van der Waals surface area contributed by atoms with E-state index in [1.165, 1.54) is 4.90 Å². The van der Waals surface area contributed by atoms with Crippen LogP contribution in [-0.2, 0) is 14.4 Å². The fourth-order valence-electron chi connectivity index (χ4n) is 3.46. The number of hydrogen-bond acceptors (Lipinski definition) is 3. The lowest BCUT2D eigenvalue weighted by Gasteiger charge is -2.37. The number of carbonyl (C=O) groups excluding carboxylic acids is 2. The highest BCUT2D eigenvalue weighted by molar-refractivity contribution is 5.89. The van der Waals surface area contributed by atoms with E-state index in [9.17, 15) is 19.5 Å². The number of primary amides is 1. The van der Waals surface area contributed by atoms with Crippen molar-refractivity contribution in [3.63, 3.8) is 0 Å². The van der Waals surface area contributed by atoms with Crippen LogP contribution in [0.2, 0.25) is 0 Å². The molecule has 23 heavy (non-hydrogen) atoms. The largest absolute Gasteiger partial charge is 0.480 e. The van der Waals surface area contributed by atoms with E-state index in [-0.39, 0.29) is 11.8 Å². The van der Waals surface area contributed by atoms with Crippen LogP contribution in [-0.4, -0.2) is 40.4 Å². The van der Waals surface area contributed by atoms with E-state index in [4.69, 9.17) is 5.73 Å². The van der Waals surface area contributed by atoms with Crippen molar-refractivity contribution in [3.05, 3.63) is 0 Å². The van der Waals surface area contributed by atoms with Crippen LogP contribution >= 0.6 is 0 Å². The predicted octanol–water partition coefficient (Wildman–Crippen LogP) is 2.02. The van der Waals surface area contributed by atoms with E-state index < -0.39 is 29.8 Å². The minimum atomic E-state index is -0.965. The van der Waals surface area contributed by atoms with Gasteiger partial charge in [-0.2, -0.15) is 0 Å². The molecule has 0 radical (unpaired) electrons. The van der Waals surface area contributed by atoms with Crippen molar-refractivity contribution in [2.45, 2.75) is 65.3 Å². The molecule has 132 valence electrons. The molecule has 2 amide bonds. The monoisotopic (exact) mass is 326 g/mol. The first kappa shape index (κ1) is 19.5. The lowest BCUT2D eigenvalue weighted by Crippen LogP contribution is -2.52. The predicted molar refractivity (Wildman–Crippen MR) is 87.5 cm³/mol.